The van der Waals surface area contributed by atoms with E-state index in [0.29, 0.717) is 47.7 Å². The number of nitrogens with one attached hydrogen (secondary N) is 1. The number of carbonyl (C=O) groups excluding carboxylic acids is 1. The molecule has 1 aliphatic heterocycles. The quantitative estimate of drug-likeness (QED) is 0.309. The van der Waals surface area contributed by atoms with Gasteiger partial charge in [0.1, 0.15) is 6.61 Å². The van der Waals surface area contributed by atoms with Crippen molar-refractivity contribution in [1.29, 1.82) is 0 Å². The van der Waals surface area contributed by atoms with E-state index in [1.54, 1.807) is 30.3 Å². The molecule has 0 spiro atoms. The number of thioether (sulfide) groups is 1. The van der Waals surface area contributed by atoms with Crippen molar-refractivity contribution < 1.29 is 9.53 Å². The molecule has 168 valence electrons. The highest BCUT2D eigenvalue weighted by Crippen LogP contribution is 2.38. The van der Waals surface area contributed by atoms with Crippen LogP contribution in [0.1, 0.15) is 16.7 Å². The summed E-state index contributed by atoms with van der Waals surface area (Å²) >= 11 is 23.4. The number of nitrogens with zero attached hydrogens (tertiary/aromatic N) is 1. The lowest BCUT2D eigenvalue weighted by molar-refractivity contribution is -0.115. The third-order valence-corrected chi connectivity index (χ3v) is 7.21. The molecule has 0 bridgehead atoms. The molecule has 0 unspecified atom stereocenters. The number of ether oxygens (including phenoxy) is 1. The predicted molar refractivity (Wildman–Crippen MR) is 142 cm³/mol. The zero-order valence-corrected chi connectivity index (χ0v) is 21.8. The van der Waals surface area contributed by atoms with Gasteiger partial charge in [0.05, 0.1) is 30.1 Å². The maximum Gasteiger partial charge on any atom is 0.264 e. The van der Waals surface area contributed by atoms with Gasteiger partial charge in [-0.3, -0.25) is 4.79 Å². The molecule has 4 nitrogen and oxygen atoms in total. The second kappa shape index (κ2) is 10.5. The molecular formula is C24H16BrCl3N2O2S. The first-order valence-corrected chi connectivity index (χ1v) is 12.5. The van der Waals surface area contributed by atoms with E-state index in [1.165, 1.54) is 17.3 Å². The fourth-order valence-electron chi connectivity index (χ4n) is 2.96. The molecule has 9 heteroatoms. The summed E-state index contributed by atoms with van der Waals surface area (Å²) < 4.78 is 6.61. The van der Waals surface area contributed by atoms with Gasteiger partial charge in [-0.15, -0.1) is 0 Å². The molecule has 1 N–H and O–H groups in total. The van der Waals surface area contributed by atoms with Gasteiger partial charge in [-0.05, 0) is 76.1 Å². The molecule has 1 amide bonds. The van der Waals surface area contributed by atoms with E-state index >= 15 is 0 Å². The van der Waals surface area contributed by atoms with Crippen LogP contribution in [0.3, 0.4) is 0 Å². The minimum atomic E-state index is -0.260. The number of amidine groups is 1. The second-order valence-corrected chi connectivity index (χ2v) is 10.2. The third kappa shape index (κ3) is 5.94. The highest BCUT2D eigenvalue weighted by atomic mass is 79.9. The normalized spacial score (nSPS) is 15.8. The molecule has 1 aliphatic rings. The van der Waals surface area contributed by atoms with Crippen LogP contribution in [0.15, 0.2) is 69.0 Å². The Bertz CT molecular complexity index is 1270. The predicted octanol–water partition coefficient (Wildman–Crippen LogP) is 8.19. The van der Waals surface area contributed by atoms with Crippen LogP contribution in [-0.4, -0.2) is 11.1 Å². The Morgan fingerprint density at radius 3 is 2.58 bits per heavy atom. The van der Waals surface area contributed by atoms with Crippen LogP contribution in [0.5, 0.6) is 5.75 Å². The Balaban J connectivity index is 1.51. The fourth-order valence-corrected chi connectivity index (χ4v) is 5.12. The van der Waals surface area contributed by atoms with E-state index < -0.39 is 0 Å². The number of rotatable bonds is 5. The third-order valence-electron chi connectivity index (χ3n) is 4.63. The zero-order chi connectivity index (χ0) is 23.5. The maximum absolute atomic E-state index is 12.4. The number of benzene rings is 3. The first-order valence-electron chi connectivity index (χ1n) is 9.71. The van der Waals surface area contributed by atoms with Crippen molar-refractivity contribution in [3.8, 4) is 5.75 Å². The standard InChI is InChI=1S/C24H16BrCl3N2O2S/c1-13-5-7-14(8-6-13)12-32-22-16(25)9-15(10-18(22)27)11-20-23(31)30-24(33-20)29-19-4-2-3-17(26)21(19)28/h2-11H,12H2,1H3,(H,29,30,31)/b20-11-. The number of carbonyl (C=O) groups is 1. The smallest absolute Gasteiger partial charge is 0.264 e. The van der Waals surface area contributed by atoms with Crippen molar-refractivity contribution in [2.75, 3.05) is 0 Å². The summed E-state index contributed by atoms with van der Waals surface area (Å²) in [6.07, 6.45) is 1.74. The summed E-state index contributed by atoms with van der Waals surface area (Å²) in [5.74, 6) is 0.282. The van der Waals surface area contributed by atoms with Crippen molar-refractivity contribution in [1.82, 2.24) is 5.32 Å². The number of aryl methyl sites for hydroxylation is 1. The molecule has 0 aliphatic carbocycles. The number of hydrogen-bond acceptors (Lipinski definition) is 4. The average Bonchev–Trinajstić information content (AvgIpc) is 3.10. The number of aliphatic imine (C=N–C) groups is 1. The SMILES string of the molecule is Cc1ccc(COc2c(Cl)cc(/C=C3\SC(=Nc4cccc(Cl)c4Cl)NC3=O)cc2Br)cc1. The summed E-state index contributed by atoms with van der Waals surface area (Å²) in [7, 11) is 0. The van der Waals surface area contributed by atoms with Crippen molar-refractivity contribution >= 4 is 85.3 Å². The molecule has 3 aromatic rings. The van der Waals surface area contributed by atoms with Gasteiger partial charge in [0.15, 0.2) is 10.9 Å². The van der Waals surface area contributed by atoms with E-state index in [0.717, 1.165) is 11.1 Å². The van der Waals surface area contributed by atoms with Crippen LogP contribution < -0.4 is 10.1 Å². The monoisotopic (exact) mass is 580 g/mol. The van der Waals surface area contributed by atoms with Gasteiger partial charge in [-0.1, -0.05) is 70.7 Å². The van der Waals surface area contributed by atoms with Gasteiger partial charge in [0, 0.05) is 0 Å². The zero-order valence-electron chi connectivity index (χ0n) is 17.2. The highest BCUT2D eigenvalue weighted by molar-refractivity contribution is 9.10. The number of amides is 1. The minimum absolute atomic E-state index is 0.260. The fraction of sp³-hybridized carbons (Fsp3) is 0.0833. The lowest BCUT2D eigenvalue weighted by Gasteiger charge is -2.11. The molecule has 0 atom stereocenters. The first kappa shape index (κ1) is 24.2. The van der Waals surface area contributed by atoms with E-state index in [2.05, 4.69) is 26.2 Å². The van der Waals surface area contributed by atoms with Crippen molar-refractivity contribution in [3.05, 3.63) is 95.7 Å². The van der Waals surface area contributed by atoms with Crippen molar-refractivity contribution in [3.63, 3.8) is 0 Å². The molecule has 0 saturated carbocycles. The van der Waals surface area contributed by atoms with Crippen LogP contribution in [0.4, 0.5) is 5.69 Å². The van der Waals surface area contributed by atoms with E-state index in [4.69, 9.17) is 39.5 Å². The summed E-state index contributed by atoms with van der Waals surface area (Å²) in [4.78, 5) is 17.3. The molecule has 3 aromatic carbocycles. The van der Waals surface area contributed by atoms with Gasteiger partial charge < -0.3 is 10.1 Å². The molecule has 1 fully saturated rings. The topological polar surface area (TPSA) is 50.7 Å². The Morgan fingerprint density at radius 1 is 1.09 bits per heavy atom. The molecule has 33 heavy (non-hydrogen) atoms. The summed E-state index contributed by atoms with van der Waals surface area (Å²) in [5.41, 5.74) is 3.46. The van der Waals surface area contributed by atoms with Crippen LogP contribution in [0.25, 0.3) is 6.08 Å². The minimum Gasteiger partial charge on any atom is -0.486 e. The molecule has 0 radical (unpaired) electrons. The lowest BCUT2D eigenvalue weighted by Crippen LogP contribution is -2.19. The van der Waals surface area contributed by atoms with E-state index in [9.17, 15) is 4.79 Å². The van der Waals surface area contributed by atoms with Gasteiger partial charge in [0.25, 0.3) is 5.91 Å². The Morgan fingerprint density at radius 2 is 1.85 bits per heavy atom. The Labute approximate surface area is 219 Å². The number of halogens is 4. The maximum atomic E-state index is 12.4. The van der Waals surface area contributed by atoms with Crippen molar-refractivity contribution in [2.24, 2.45) is 4.99 Å². The van der Waals surface area contributed by atoms with Crippen LogP contribution >= 0.6 is 62.5 Å². The Hall–Kier alpha value is -1.96. The van der Waals surface area contributed by atoms with E-state index in [1.807, 2.05) is 37.3 Å². The summed E-state index contributed by atoms with van der Waals surface area (Å²) in [6, 6.07) is 16.8. The number of hydrogen-bond donors (Lipinski definition) is 1. The second-order valence-electron chi connectivity index (χ2n) is 7.14. The average molecular weight is 583 g/mol. The molecule has 4 rings (SSSR count). The summed E-state index contributed by atoms with van der Waals surface area (Å²) in [5, 5.41) is 4.31. The largest absolute Gasteiger partial charge is 0.486 e. The van der Waals surface area contributed by atoms with Gasteiger partial charge in [-0.2, -0.15) is 0 Å². The first-order chi connectivity index (χ1) is 15.8. The molecular weight excluding hydrogens is 567 g/mol. The van der Waals surface area contributed by atoms with Crippen LogP contribution in [-0.2, 0) is 11.4 Å². The van der Waals surface area contributed by atoms with Crippen molar-refractivity contribution in [2.45, 2.75) is 13.5 Å². The molecule has 1 saturated heterocycles. The van der Waals surface area contributed by atoms with E-state index in [-0.39, 0.29) is 5.91 Å². The molecule has 0 aromatic heterocycles. The van der Waals surface area contributed by atoms with Crippen LogP contribution in [0.2, 0.25) is 15.1 Å². The Kier molecular flexibility index (Phi) is 7.72. The van der Waals surface area contributed by atoms with Gasteiger partial charge >= 0.3 is 0 Å². The van der Waals surface area contributed by atoms with Gasteiger partial charge in [0.2, 0.25) is 0 Å². The van der Waals surface area contributed by atoms with Gasteiger partial charge in [-0.25, -0.2) is 4.99 Å². The lowest BCUT2D eigenvalue weighted by atomic mass is 10.1. The van der Waals surface area contributed by atoms with Crippen LogP contribution in [0, 0.1) is 6.92 Å². The highest BCUT2D eigenvalue weighted by Gasteiger charge is 2.24. The summed E-state index contributed by atoms with van der Waals surface area (Å²) in [6.45, 7) is 2.43. The molecule has 1 heterocycles.